The van der Waals surface area contributed by atoms with E-state index in [1.807, 2.05) is 25.4 Å². The van der Waals surface area contributed by atoms with Crippen LogP contribution in [0.5, 0.6) is 0 Å². The third-order valence-corrected chi connectivity index (χ3v) is 7.31. The fraction of sp³-hybridized carbons (Fsp3) is 0.345. The molecule has 1 aliphatic rings. The van der Waals surface area contributed by atoms with Gasteiger partial charge in [0.05, 0.1) is 35.0 Å². The first-order valence-electron chi connectivity index (χ1n) is 13.0. The fourth-order valence-electron chi connectivity index (χ4n) is 4.58. The van der Waals surface area contributed by atoms with Crippen LogP contribution >= 0.6 is 11.6 Å². The van der Waals surface area contributed by atoms with Gasteiger partial charge in [0.15, 0.2) is 0 Å². The zero-order valence-corrected chi connectivity index (χ0v) is 23.7. The number of aromatic nitrogens is 5. The Kier molecular flexibility index (Phi) is 7.38. The minimum atomic E-state index is -0.268. The Morgan fingerprint density at radius 3 is 2.54 bits per heavy atom. The molecule has 4 aromatic rings. The lowest BCUT2D eigenvalue weighted by Crippen LogP contribution is -2.44. The van der Waals surface area contributed by atoms with E-state index in [2.05, 4.69) is 69.3 Å². The van der Waals surface area contributed by atoms with Crippen molar-refractivity contribution in [2.45, 2.75) is 33.1 Å². The maximum atomic E-state index is 13.1. The van der Waals surface area contributed by atoms with Gasteiger partial charge in [-0.2, -0.15) is 0 Å². The number of hydrogen-bond acceptors (Lipinski definition) is 7. The molecule has 39 heavy (non-hydrogen) atoms. The number of carbonyl (C=O) groups is 1. The Hall–Kier alpha value is -3.82. The molecule has 3 aromatic heterocycles. The quantitative estimate of drug-likeness (QED) is 0.378. The van der Waals surface area contributed by atoms with Gasteiger partial charge in [-0.05, 0) is 55.3 Å². The van der Waals surface area contributed by atoms with Gasteiger partial charge < -0.3 is 15.1 Å². The molecule has 0 unspecified atom stereocenters. The molecule has 202 valence electrons. The van der Waals surface area contributed by atoms with Crippen LogP contribution in [0.2, 0.25) is 5.02 Å². The molecule has 1 aliphatic heterocycles. The van der Waals surface area contributed by atoms with Crippen LogP contribution in [0.15, 0.2) is 55.1 Å². The summed E-state index contributed by atoms with van der Waals surface area (Å²) in [6.07, 6.45) is 7.09. The molecule has 0 saturated carbocycles. The van der Waals surface area contributed by atoms with Crippen LogP contribution in [0.25, 0.3) is 16.9 Å². The molecule has 1 amide bonds. The van der Waals surface area contributed by atoms with Crippen LogP contribution in [0.3, 0.4) is 0 Å². The van der Waals surface area contributed by atoms with E-state index in [-0.39, 0.29) is 11.3 Å². The molecule has 10 heteroatoms. The van der Waals surface area contributed by atoms with Crippen molar-refractivity contribution in [3.63, 3.8) is 0 Å². The zero-order chi connectivity index (χ0) is 27.7. The van der Waals surface area contributed by atoms with E-state index in [0.717, 1.165) is 48.7 Å². The van der Waals surface area contributed by atoms with Crippen LogP contribution < -0.4 is 10.2 Å². The highest BCUT2D eigenvalue weighted by atomic mass is 35.5. The molecular weight excluding hydrogens is 512 g/mol. The molecule has 0 spiro atoms. The normalized spacial score (nSPS) is 14.5. The van der Waals surface area contributed by atoms with Gasteiger partial charge in [0.1, 0.15) is 5.69 Å². The maximum Gasteiger partial charge on any atom is 0.257 e. The van der Waals surface area contributed by atoms with Gasteiger partial charge in [-0.3, -0.25) is 14.8 Å². The Labute approximate surface area is 233 Å². The van der Waals surface area contributed by atoms with Crippen molar-refractivity contribution in [3.8, 4) is 16.9 Å². The van der Waals surface area contributed by atoms with Crippen LogP contribution in [0, 0.1) is 6.92 Å². The second-order valence-electron chi connectivity index (χ2n) is 11.0. The lowest BCUT2D eigenvalue weighted by Gasteiger charge is -2.33. The molecule has 0 radical (unpaired) electrons. The molecule has 1 aromatic carbocycles. The van der Waals surface area contributed by atoms with Crippen molar-refractivity contribution < 1.29 is 4.79 Å². The van der Waals surface area contributed by atoms with Gasteiger partial charge in [0.25, 0.3) is 5.91 Å². The van der Waals surface area contributed by atoms with Gasteiger partial charge in [-0.15, -0.1) is 5.10 Å². The highest BCUT2D eigenvalue weighted by Crippen LogP contribution is 2.32. The average molecular weight is 545 g/mol. The van der Waals surface area contributed by atoms with Gasteiger partial charge in [-0.1, -0.05) is 37.6 Å². The van der Waals surface area contributed by atoms with E-state index in [4.69, 9.17) is 11.6 Å². The fourth-order valence-corrected chi connectivity index (χ4v) is 4.98. The van der Waals surface area contributed by atoms with Crippen LogP contribution in [0.4, 0.5) is 11.4 Å². The monoisotopic (exact) mass is 544 g/mol. The summed E-state index contributed by atoms with van der Waals surface area (Å²) in [7, 11) is 2.14. The molecule has 5 rings (SSSR count). The minimum absolute atomic E-state index is 0.152. The summed E-state index contributed by atoms with van der Waals surface area (Å²) < 4.78 is 1.65. The van der Waals surface area contributed by atoms with Crippen molar-refractivity contribution in [1.29, 1.82) is 0 Å². The number of rotatable bonds is 5. The summed E-state index contributed by atoms with van der Waals surface area (Å²) >= 11 is 6.39. The molecule has 0 aliphatic carbocycles. The first-order chi connectivity index (χ1) is 18.6. The van der Waals surface area contributed by atoms with Gasteiger partial charge >= 0.3 is 0 Å². The summed E-state index contributed by atoms with van der Waals surface area (Å²) in [5.74, 6) is -0.268. The summed E-state index contributed by atoms with van der Waals surface area (Å²) in [5, 5.41) is 12.4. The highest BCUT2D eigenvalue weighted by Gasteiger charge is 2.20. The van der Waals surface area contributed by atoms with Crippen molar-refractivity contribution in [3.05, 3.63) is 77.0 Å². The van der Waals surface area contributed by atoms with Gasteiger partial charge in [-0.25, -0.2) is 4.68 Å². The standard InChI is InChI=1S/C29H33ClN8O/c1-19-27(13-21(16-32-19)28(39)33-22-6-7-25(30)24(14-22)29(2,3)4)38-18-26(34-35-38)20-12-23(17-31-15-20)37-10-8-36(5)9-11-37/h6-7,12-18H,8-11H2,1-5H3,(H,33,39). The van der Waals surface area contributed by atoms with Gasteiger partial charge in [0, 0.05) is 54.8 Å². The second-order valence-corrected chi connectivity index (χ2v) is 11.4. The number of benzene rings is 1. The lowest BCUT2D eigenvalue weighted by molar-refractivity contribution is 0.102. The number of carbonyl (C=O) groups excluding carboxylic acids is 1. The molecule has 9 nitrogen and oxygen atoms in total. The first kappa shape index (κ1) is 26.8. The van der Waals surface area contributed by atoms with E-state index in [1.165, 1.54) is 0 Å². The molecular formula is C29H33ClN8O. The van der Waals surface area contributed by atoms with Crippen LogP contribution in [0.1, 0.15) is 42.4 Å². The van der Waals surface area contributed by atoms with Gasteiger partial charge in [0.2, 0.25) is 0 Å². The number of nitrogens with one attached hydrogen (secondary N) is 1. The molecule has 4 heterocycles. The molecule has 0 bridgehead atoms. The first-order valence-corrected chi connectivity index (χ1v) is 13.4. The molecule has 1 saturated heterocycles. The van der Waals surface area contributed by atoms with Crippen LogP contribution in [-0.4, -0.2) is 69.0 Å². The number of halogens is 1. The van der Waals surface area contributed by atoms with Crippen molar-refractivity contribution >= 4 is 28.9 Å². The summed E-state index contributed by atoms with van der Waals surface area (Å²) in [6, 6.07) is 9.39. The van der Waals surface area contributed by atoms with E-state index >= 15 is 0 Å². The largest absolute Gasteiger partial charge is 0.368 e. The summed E-state index contributed by atoms with van der Waals surface area (Å²) in [4.78, 5) is 26.7. The Bertz CT molecular complexity index is 1500. The summed E-state index contributed by atoms with van der Waals surface area (Å²) in [6.45, 7) is 12.1. The summed E-state index contributed by atoms with van der Waals surface area (Å²) in [5.41, 5.74) is 5.96. The third kappa shape index (κ3) is 5.94. The smallest absolute Gasteiger partial charge is 0.257 e. The van der Waals surface area contributed by atoms with E-state index < -0.39 is 0 Å². The molecule has 1 fully saturated rings. The zero-order valence-electron chi connectivity index (χ0n) is 22.9. The van der Waals surface area contributed by atoms with E-state index in [9.17, 15) is 4.79 Å². The topological polar surface area (TPSA) is 92.1 Å². The third-order valence-electron chi connectivity index (χ3n) is 6.98. The average Bonchev–Trinajstić information content (AvgIpc) is 3.40. The number of aryl methyl sites for hydroxylation is 1. The van der Waals surface area contributed by atoms with E-state index in [0.29, 0.717) is 27.7 Å². The Balaban J connectivity index is 1.37. The number of piperazine rings is 1. The number of amides is 1. The van der Waals surface area contributed by atoms with Crippen molar-refractivity contribution in [1.82, 2.24) is 29.9 Å². The minimum Gasteiger partial charge on any atom is -0.368 e. The second kappa shape index (κ2) is 10.7. The maximum absolute atomic E-state index is 13.1. The van der Waals surface area contributed by atoms with Crippen LogP contribution in [-0.2, 0) is 5.41 Å². The number of anilines is 2. The van der Waals surface area contributed by atoms with Crippen molar-refractivity contribution in [2.75, 3.05) is 43.4 Å². The Morgan fingerprint density at radius 1 is 1.03 bits per heavy atom. The number of pyridine rings is 2. The predicted octanol–water partition coefficient (Wildman–Crippen LogP) is 4.99. The predicted molar refractivity (Wildman–Crippen MR) is 155 cm³/mol. The highest BCUT2D eigenvalue weighted by molar-refractivity contribution is 6.31. The Morgan fingerprint density at radius 2 is 1.79 bits per heavy atom. The lowest BCUT2D eigenvalue weighted by atomic mass is 9.87. The van der Waals surface area contributed by atoms with E-state index in [1.54, 1.807) is 35.3 Å². The molecule has 0 atom stereocenters. The van der Waals surface area contributed by atoms with Crippen molar-refractivity contribution in [2.24, 2.45) is 0 Å². The number of hydrogen-bond donors (Lipinski definition) is 1. The molecule has 1 N–H and O–H groups in total. The SMILES string of the molecule is Cc1ncc(C(=O)Nc2ccc(Cl)c(C(C)(C)C)c2)cc1-n1cc(-c2cncc(N3CCN(C)CC3)c2)nn1. The number of nitrogens with zero attached hydrogens (tertiary/aromatic N) is 7. The number of likely N-dealkylation sites (N-methyl/N-ethyl adjacent to an activating group) is 1.